The molecular formula is C17H16N4O5S. The van der Waals surface area contributed by atoms with Gasteiger partial charge in [-0.1, -0.05) is 6.07 Å². The molecule has 0 saturated carbocycles. The molecule has 1 aliphatic rings. The van der Waals surface area contributed by atoms with E-state index >= 15 is 0 Å². The van der Waals surface area contributed by atoms with E-state index in [0.717, 1.165) is 6.07 Å². The van der Waals surface area contributed by atoms with Crippen LogP contribution in [0.1, 0.15) is 5.56 Å². The van der Waals surface area contributed by atoms with E-state index in [4.69, 9.17) is 4.74 Å². The third kappa shape index (κ3) is 4.06. The van der Waals surface area contributed by atoms with Gasteiger partial charge < -0.3 is 10.1 Å². The SMILES string of the molecule is N#Cc1cc([N+](=O)[O-])ccc1Nc1cccc(S(=O)(=O)N2CCOCC2)c1. The monoisotopic (exact) mass is 388 g/mol. The number of ether oxygens (including phenoxy) is 1. The molecular weight excluding hydrogens is 372 g/mol. The van der Waals surface area contributed by atoms with Crippen LogP contribution in [0, 0.1) is 21.4 Å². The van der Waals surface area contributed by atoms with Gasteiger partial charge in [0, 0.05) is 30.9 Å². The average Bonchev–Trinajstić information content (AvgIpc) is 2.69. The first-order valence-electron chi connectivity index (χ1n) is 8.05. The standard InChI is InChI=1S/C17H16N4O5S/c18-12-13-10-15(21(22)23)4-5-17(13)19-14-2-1-3-16(11-14)27(24,25)20-6-8-26-9-7-20/h1-5,10-11,19H,6-9H2. The molecule has 27 heavy (non-hydrogen) atoms. The van der Waals surface area contributed by atoms with E-state index in [1.807, 2.05) is 6.07 Å². The van der Waals surface area contributed by atoms with E-state index < -0.39 is 14.9 Å². The van der Waals surface area contributed by atoms with Crippen LogP contribution in [0.15, 0.2) is 47.4 Å². The second-order valence-electron chi connectivity index (χ2n) is 5.77. The van der Waals surface area contributed by atoms with Gasteiger partial charge in [-0.25, -0.2) is 8.42 Å². The average molecular weight is 388 g/mol. The molecule has 10 heteroatoms. The number of non-ortho nitro benzene ring substituents is 1. The largest absolute Gasteiger partial charge is 0.379 e. The molecule has 1 heterocycles. The molecule has 1 fully saturated rings. The Morgan fingerprint density at radius 2 is 1.93 bits per heavy atom. The molecule has 0 amide bonds. The second-order valence-corrected chi connectivity index (χ2v) is 7.71. The quantitative estimate of drug-likeness (QED) is 0.615. The van der Waals surface area contributed by atoms with Crippen molar-refractivity contribution >= 4 is 27.1 Å². The third-order valence-corrected chi connectivity index (χ3v) is 5.95. The summed E-state index contributed by atoms with van der Waals surface area (Å²) >= 11 is 0. The van der Waals surface area contributed by atoms with Gasteiger partial charge in [-0.15, -0.1) is 0 Å². The highest BCUT2D eigenvalue weighted by Gasteiger charge is 2.26. The minimum absolute atomic E-state index is 0.0886. The van der Waals surface area contributed by atoms with Crippen molar-refractivity contribution in [1.82, 2.24) is 4.31 Å². The molecule has 0 spiro atoms. The Kier molecular flexibility index (Phi) is 5.36. The van der Waals surface area contributed by atoms with Crippen molar-refractivity contribution in [3.05, 3.63) is 58.1 Å². The van der Waals surface area contributed by atoms with Gasteiger partial charge in [0.05, 0.1) is 34.3 Å². The fraction of sp³-hybridized carbons (Fsp3) is 0.235. The van der Waals surface area contributed by atoms with Gasteiger partial charge in [-0.05, 0) is 24.3 Å². The van der Waals surface area contributed by atoms with Crippen LogP contribution in [-0.4, -0.2) is 43.9 Å². The van der Waals surface area contributed by atoms with Crippen molar-refractivity contribution in [1.29, 1.82) is 5.26 Å². The maximum Gasteiger partial charge on any atom is 0.270 e. The van der Waals surface area contributed by atoms with Crippen LogP contribution < -0.4 is 5.32 Å². The van der Waals surface area contributed by atoms with Crippen molar-refractivity contribution < 1.29 is 18.1 Å². The third-order valence-electron chi connectivity index (χ3n) is 4.06. The van der Waals surface area contributed by atoms with Crippen molar-refractivity contribution in [2.75, 3.05) is 31.6 Å². The van der Waals surface area contributed by atoms with Crippen molar-refractivity contribution in [3.63, 3.8) is 0 Å². The van der Waals surface area contributed by atoms with Crippen molar-refractivity contribution in [3.8, 4) is 6.07 Å². The fourth-order valence-corrected chi connectivity index (χ4v) is 4.13. The topological polar surface area (TPSA) is 126 Å². The molecule has 0 unspecified atom stereocenters. The summed E-state index contributed by atoms with van der Waals surface area (Å²) in [6, 6.07) is 12.0. The Hall–Kier alpha value is -3.00. The summed E-state index contributed by atoms with van der Waals surface area (Å²) in [5, 5.41) is 23.0. The Bertz CT molecular complexity index is 1010. The van der Waals surface area contributed by atoms with Gasteiger partial charge in [-0.2, -0.15) is 9.57 Å². The lowest BCUT2D eigenvalue weighted by molar-refractivity contribution is -0.384. The van der Waals surface area contributed by atoms with Gasteiger partial charge in [0.1, 0.15) is 6.07 Å². The van der Waals surface area contributed by atoms with E-state index in [2.05, 4.69) is 5.32 Å². The summed E-state index contributed by atoms with van der Waals surface area (Å²) in [4.78, 5) is 10.4. The molecule has 3 rings (SSSR count). The van der Waals surface area contributed by atoms with Crippen LogP contribution in [-0.2, 0) is 14.8 Å². The van der Waals surface area contributed by atoms with Gasteiger partial charge in [0.25, 0.3) is 5.69 Å². The minimum atomic E-state index is -3.65. The number of sulfonamides is 1. The summed E-state index contributed by atoms with van der Waals surface area (Å²) in [7, 11) is -3.65. The lowest BCUT2D eigenvalue weighted by Gasteiger charge is -2.26. The minimum Gasteiger partial charge on any atom is -0.379 e. The maximum atomic E-state index is 12.7. The Morgan fingerprint density at radius 1 is 1.19 bits per heavy atom. The summed E-state index contributed by atoms with van der Waals surface area (Å²) < 4.78 is 32.1. The lowest BCUT2D eigenvalue weighted by atomic mass is 10.1. The summed E-state index contributed by atoms with van der Waals surface area (Å²) in [5.74, 6) is 0. The second kappa shape index (κ2) is 7.71. The zero-order valence-electron chi connectivity index (χ0n) is 14.2. The number of hydrogen-bond acceptors (Lipinski definition) is 7. The first-order chi connectivity index (χ1) is 12.9. The highest BCUT2D eigenvalue weighted by molar-refractivity contribution is 7.89. The summed E-state index contributed by atoms with van der Waals surface area (Å²) in [5.41, 5.74) is 0.699. The van der Waals surface area contributed by atoms with Gasteiger partial charge >= 0.3 is 0 Å². The number of nitro groups is 1. The zero-order valence-corrected chi connectivity index (χ0v) is 15.0. The smallest absolute Gasteiger partial charge is 0.270 e. The molecule has 0 radical (unpaired) electrons. The number of morpholine rings is 1. The zero-order chi connectivity index (χ0) is 19.4. The first-order valence-corrected chi connectivity index (χ1v) is 9.49. The normalized spacial score (nSPS) is 15.1. The Balaban J connectivity index is 1.88. The molecule has 0 aliphatic carbocycles. The van der Waals surface area contributed by atoms with Crippen LogP contribution in [0.2, 0.25) is 0 Å². The Labute approximate surface area is 156 Å². The summed E-state index contributed by atoms with van der Waals surface area (Å²) in [6.07, 6.45) is 0. The summed E-state index contributed by atoms with van der Waals surface area (Å²) in [6.45, 7) is 1.29. The van der Waals surface area contributed by atoms with Crippen LogP contribution in [0.4, 0.5) is 17.1 Å². The molecule has 1 N–H and O–H groups in total. The highest BCUT2D eigenvalue weighted by Crippen LogP contribution is 2.27. The van der Waals surface area contributed by atoms with Crippen LogP contribution in [0.5, 0.6) is 0 Å². The molecule has 2 aromatic carbocycles. The van der Waals surface area contributed by atoms with Crippen molar-refractivity contribution in [2.24, 2.45) is 0 Å². The van der Waals surface area contributed by atoms with E-state index in [1.54, 1.807) is 12.1 Å². The molecule has 140 valence electrons. The lowest BCUT2D eigenvalue weighted by Crippen LogP contribution is -2.40. The van der Waals surface area contributed by atoms with Gasteiger partial charge in [0.2, 0.25) is 10.0 Å². The number of nitriles is 1. The molecule has 0 atom stereocenters. The predicted molar refractivity (Wildman–Crippen MR) is 97.1 cm³/mol. The highest BCUT2D eigenvalue weighted by atomic mass is 32.2. The fourth-order valence-electron chi connectivity index (χ4n) is 2.67. The Morgan fingerprint density at radius 3 is 2.59 bits per heavy atom. The van der Waals surface area contributed by atoms with E-state index in [-0.39, 0.29) is 16.1 Å². The van der Waals surface area contributed by atoms with Crippen LogP contribution in [0.3, 0.4) is 0 Å². The number of hydrogen-bond donors (Lipinski definition) is 1. The maximum absolute atomic E-state index is 12.7. The molecule has 0 bridgehead atoms. The van der Waals surface area contributed by atoms with Crippen molar-refractivity contribution in [2.45, 2.75) is 4.90 Å². The molecule has 2 aromatic rings. The van der Waals surface area contributed by atoms with Gasteiger partial charge in [-0.3, -0.25) is 10.1 Å². The number of nitrogens with one attached hydrogen (secondary N) is 1. The molecule has 1 saturated heterocycles. The van der Waals surface area contributed by atoms with Crippen LogP contribution >= 0.6 is 0 Å². The molecule has 0 aromatic heterocycles. The number of nitro benzene ring substituents is 1. The predicted octanol–water partition coefficient (Wildman–Crippen LogP) is 2.23. The van der Waals surface area contributed by atoms with E-state index in [0.29, 0.717) is 37.7 Å². The number of rotatable bonds is 5. The van der Waals surface area contributed by atoms with Crippen LogP contribution in [0.25, 0.3) is 0 Å². The van der Waals surface area contributed by atoms with E-state index in [1.165, 1.54) is 28.6 Å². The molecule has 9 nitrogen and oxygen atoms in total. The van der Waals surface area contributed by atoms with E-state index in [9.17, 15) is 23.8 Å². The molecule has 1 aliphatic heterocycles. The number of benzene rings is 2. The number of nitrogens with zero attached hydrogens (tertiary/aromatic N) is 3. The number of anilines is 2. The first kappa shape index (κ1) is 18.8. The van der Waals surface area contributed by atoms with Gasteiger partial charge in [0.15, 0.2) is 0 Å².